The Morgan fingerprint density at radius 3 is 2.46 bits per heavy atom. The Bertz CT molecular complexity index is 712. The first-order chi connectivity index (χ1) is 12.4. The summed E-state index contributed by atoms with van der Waals surface area (Å²) in [5, 5.41) is 6.06. The molecular weight excluding hydrogens is 352 g/mol. The van der Waals surface area contributed by atoms with Crippen molar-refractivity contribution < 1.29 is 13.2 Å². The fraction of sp³-hybridized carbons (Fsp3) is 0.611. The standard InChI is InChI=1S/C18H28N4O3S/c1-21-9-11-22(12-10-21)17-4-2-15(3-5-17)20-18(23)6-8-19-16-7-13-26(24,25)14-16/h2-5,16,19H,6-14H2,1H3,(H,20,23). The number of amides is 1. The highest BCUT2D eigenvalue weighted by atomic mass is 32.2. The molecule has 1 aromatic carbocycles. The van der Waals surface area contributed by atoms with Crippen LogP contribution < -0.4 is 15.5 Å². The summed E-state index contributed by atoms with van der Waals surface area (Å²) in [6.45, 7) is 4.66. The second kappa shape index (κ2) is 8.37. The summed E-state index contributed by atoms with van der Waals surface area (Å²) >= 11 is 0. The molecule has 2 heterocycles. The topological polar surface area (TPSA) is 81.8 Å². The van der Waals surface area contributed by atoms with E-state index in [1.165, 1.54) is 5.69 Å². The fourth-order valence-electron chi connectivity index (χ4n) is 3.39. The summed E-state index contributed by atoms with van der Waals surface area (Å²) in [5.41, 5.74) is 1.97. The van der Waals surface area contributed by atoms with Crippen molar-refractivity contribution in [1.82, 2.24) is 10.2 Å². The predicted molar refractivity (Wildman–Crippen MR) is 104 cm³/mol. The van der Waals surface area contributed by atoms with Crippen molar-refractivity contribution in [2.24, 2.45) is 0 Å². The molecule has 1 amide bonds. The summed E-state index contributed by atoms with van der Waals surface area (Å²) in [7, 11) is -0.746. The maximum absolute atomic E-state index is 12.1. The Balaban J connectivity index is 1.40. The summed E-state index contributed by atoms with van der Waals surface area (Å²) in [6.07, 6.45) is 0.967. The Morgan fingerprint density at radius 2 is 1.85 bits per heavy atom. The molecule has 1 atom stereocenters. The van der Waals surface area contributed by atoms with Crippen molar-refractivity contribution in [1.29, 1.82) is 0 Å². The Morgan fingerprint density at radius 1 is 1.15 bits per heavy atom. The number of sulfone groups is 1. The fourth-order valence-corrected chi connectivity index (χ4v) is 5.10. The van der Waals surface area contributed by atoms with Crippen LogP contribution in [0.4, 0.5) is 11.4 Å². The smallest absolute Gasteiger partial charge is 0.225 e. The van der Waals surface area contributed by atoms with Crippen molar-refractivity contribution >= 4 is 27.1 Å². The van der Waals surface area contributed by atoms with Gasteiger partial charge in [-0.1, -0.05) is 0 Å². The van der Waals surface area contributed by atoms with E-state index in [4.69, 9.17) is 0 Å². The molecule has 2 fully saturated rings. The van der Waals surface area contributed by atoms with Crippen LogP contribution in [0.5, 0.6) is 0 Å². The minimum absolute atomic E-state index is 0.0179. The van der Waals surface area contributed by atoms with E-state index < -0.39 is 9.84 Å². The van der Waals surface area contributed by atoms with E-state index in [1.54, 1.807) is 0 Å². The lowest BCUT2D eigenvalue weighted by Crippen LogP contribution is -2.44. The number of hydrogen-bond acceptors (Lipinski definition) is 6. The van der Waals surface area contributed by atoms with E-state index in [0.717, 1.165) is 31.9 Å². The van der Waals surface area contributed by atoms with Gasteiger partial charge >= 0.3 is 0 Å². The zero-order valence-corrected chi connectivity index (χ0v) is 16.1. The molecule has 2 aliphatic rings. The van der Waals surface area contributed by atoms with Gasteiger partial charge in [0.2, 0.25) is 5.91 Å². The van der Waals surface area contributed by atoms with Gasteiger partial charge in [-0.3, -0.25) is 4.79 Å². The molecule has 0 aromatic heterocycles. The van der Waals surface area contributed by atoms with Crippen molar-refractivity contribution in [2.75, 3.05) is 61.5 Å². The SMILES string of the molecule is CN1CCN(c2ccc(NC(=O)CCNC3CCS(=O)(=O)C3)cc2)CC1. The van der Waals surface area contributed by atoms with E-state index >= 15 is 0 Å². The van der Waals surface area contributed by atoms with E-state index in [0.29, 0.717) is 19.4 Å². The molecule has 1 aromatic rings. The Hall–Kier alpha value is -1.64. The molecule has 26 heavy (non-hydrogen) atoms. The average molecular weight is 381 g/mol. The first kappa shape index (κ1) is 19.1. The maximum atomic E-state index is 12.1. The lowest BCUT2D eigenvalue weighted by atomic mass is 10.2. The van der Waals surface area contributed by atoms with Crippen LogP contribution in [-0.4, -0.2) is 76.5 Å². The number of anilines is 2. The third-order valence-corrected chi connectivity index (χ3v) is 6.80. The number of carbonyl (C=O) groups excluding carboxylic acids is 1. The van der Waals surface area contributed by atoms with Crippen molar-refractivity contribution in [3.8, 4) is 0 Å². The van der Waals surface area contributed by atoms with Gasteiger partial charge in [0.1, 0.15) is 0 Å². The van der Waals surface area contributed by atoms with Crippen LogP contribution in [0, 0.1) is 0 Å². The van der Waals surface area contributed by atoms with Gasteiger partial charge in [-0.05, 0) is 37.7 Å². The minimum atomic E-state index is -2.88. The van der Waals surface area contributed by atoms with Gasteiger partial charge < -0.3 is 20.4 Å². The Labute approximate surface area is 155 Å². The average Bonchev–Trinajstić information content (AvgIpc) is 2.95. The molecule has 3 rings (SSSR count). The number of carbonyl (C=O) groups is 1. The summed E-state index contributed by atoms with van der Waals surface area (Å²) in [5.74, 6) is 0.365. The molecule has 8 heteroatoms. The quantitative estimate of drug-likeness (QED) is 0.750. The first-order valence-corrected chi connectivity index (χ1v) is 11.0. The highest BCUT2D eigenvalue weighted by Crippen LogP contribution is 2.19. The predicted octanol–water partition coefficient (Wildman–Crippen LogP) is 0.544. The molecular formula is C18H28N4O3S. The highest BCUT2D eigenvalue weighted by Gasteiger charge is 2.27. The van der Waals surface area contributed by atoms with Crippen LogP contribution in [0.15, 0.2) is 24.3 Å². The number of nitrogens with one attached hydrogen (secondary N) is 2. The molecule has 0 bridgehead atoms. The molecule has 2 N–H and O–H groups in total. The number of benzene rings is 1. The van der Waals surface area contributed by atoms with Gasteiger partial charge in [0.05, 0.1) is 11.5 Å². The van der Waals surface area contributed by atoms with Crippen LogP contribution in [0.3, 0.4) is 0 Å². The lowest BCUT2D eigenvalue weighted by molar-refractivity contribution is -0.116. The number of likely N-dealkylation sites (N-methyl/N-ethyl adjacent to an activating group) is 1. The second-order valence-corrected chi connectivity index (χ2v) is 9.42. The molecule has 2 aliphatic heterocycles. The van der Waals surface area contributed by atoms with Gasteiger partial charge in [-0.2, -0.15) is 0 Å². The lowest BCUT2D eigenvalue weighted by Gasteiger charge is -2.34. The molecule has 0 aliphatic carbocycles. The van der Waals surface area contributed by atoms with E-state index in [9.17, 15) is 13.2 Å². The number of rotatable bonds is 6. The van der Waals surface area contributed by atoms with Crippen LogP contribution >= 0.6 is 0 Å². The third kappa shape index (κ3) is 5.43. The Kier molecular flexibility index (Phi) is 6.16. The molecule has 0 spiro atoms. The molecule has 2 saturated heterocycles. The minimum Gasteiger partial charge on any atom is -0.369 e. The summed E-state index contributed by atoms with van der Waals surface area (Å²) in [4.78, 5) is 16.7. The van der Waals surface area contributed by atoms with Crippen LogP contribution in [0.2, 0.25) is 0 Å². The largest absolute Gasteiger partial charge is 0.369 e. The maximum Gasteiger partial charge on any atom is 0.225 e. The van der Waals surface area contributed by atoms with Gasteiger partial charge in [-0.15, -0.1) is 0 Å². The molecule has 0 radical (unpaired) electrons. The van der Waals surface area contributed by atoms with Crippen molar-refractivity contribution in [2.45, 2.75) is 18.9 Å². The molecule has 7 nitrogen and oxygen atoms in total. The molecule has 0 saturated carbocycles. The molecule has 144 valence electrons. The molecule has 1 unspecified atom stereocenters. The zero-order chi connectivity index (χ0) is 18.6. The van der Waals surface area contributed by atoms with Crippen molar-refractivity contribution in [3.63, 3.8) is 0 Å². The monoisotopic (exact) mass is 380 g/mol. The first-order valence-electron chi connectivity index (χ1n) is 9.18. The highest BCUT2D eigenvalue weighted by molar-refractivity contribution is 7.91. The van der Waals surface area contributed by atoms with E-state index in [1.807, 2.05) is 24.3 Å². The van der Waals surface area contributed by atoms with Crippen LogP contribution in [0.1, 0.15) is 12.8 Å². The number of piperazine rings is 1. The zero-order valence-electron chi connectivity index (χ0n) is 15.3. The van der Waals surface area contributed by atoms with Gasteiger partial charge in [0.15, 0.2) is 9.84 Å². The van der Waals surface area contributed by atoms with E-state index in [2.05, 4.69) is 27.5 Å². The number of hydrogen-bond donors (Lipinski definition) is 2. The normalized spacial score (nSPS) is 23.1. The van der Waals surface area contributed by atoms with Gasteiger partial charge in [-0.25, -0.2) is 8.42 Å². The van der Waals surface area contributed by atoms with Gasteiger partial charge in [0, 0.05) is 56.6 Å². The summed E-state index contributed by atoms with van der Waals surface area (Å²) < 4.78 is 22.8. The summed E-state index contributed by atoms with van der Waals surface area (Å²) in [6, 6.07) is 7.94. The van der Waals surface area contributed by atoms with Gasteiger partial charge in [0.25, 0.3) is 0 Å². The van der Waals surface area contributed by atoms with Crippen LogP contribution in [-0.2, 0) is 14.6 Å². The number of nitrogens with zero attached hydrogens (tertiary/aromatic N) is 2. The third-order valence-electron chi connectivity index (χ3n) is 5.04. The second-order valence-electron chi connectivity index (χ2n) is 7.19. The van der Waals surface area contributed by atoms with Crippen LogP contribution in [0.25, 0.3) is 0 Å². The van der Waals surface area contributed by atoms with Crippen molar-refractivity contribution in [3.05, 3.63) is 24.3 Å². The van der Waals surface area contributed by atoms with E-state index in [-0.39, 0.29) is 23.5 Å².